The summed E-state index contributed by atoms with van der Waals surface area (Å²) < 4.78 is 0. The molecule has 3 amide bonds. The summed E-state index contributed by atoms with van der Waals surface area (Å²) in [7, 11) is 1.45. The Hall–Kier alpha value is -4.98. The van der Waals surface area contributed by atoms with Gasteiger partial charge in [0.1, 0.15) is 0 Å². The van der Waals surface area contributed by atoms with Gasteiger partial charge in [-0.2, -0.15) is 0 Å². The van der Waals surface area contributed by atoms with E-state index in [4.69, 9.17) is 0 Å². The highest BCUT2D eigenvalue weighted by atomic mass is 16.4. The number of nitrogens with one attached hydrogen (secondary N) is 3. The lowest BCUT2D eigenvalue weighted by molar-refractivity contribution is -0.125. The first-order valence-electron chi connectivity index (χ1n) is 15.1. The summed E-state index contributed by atoms with van der Waals surface area (Å²) in [5, 5.41) is 16.6. The van der Waals surface area contributed by atoms with Crippen LogP contribution in [0.3, 0.4) is 0 Å². The van der Waals surface area contributed by atoms with Gasteiger partial charge in [0, 0.05) is 12.6 Å². The Morgan fingerprint density at radius 2 is 1.29 bits per heavy atom. The number of rotatable bonds is 11. The maximum Gasteiger partial charge on any atom is 0.336 e. The number of benzene rings is 3. The van der Waals surface area contributed by atoms with Gasteiger partial charge in [-0.1, -0.05) is 104 Å². The van der Waals surface area contributed by atoms with Crippen molar-refractivity contribution in [2.45, 2.75) is 53.9 Å². The Balaban J connectivity index is 0.000000874. The summed E-state index contributed by atoms with van der Waals surface area (Å²) in [6.07, 6.45) is 7.76. The molecule has 0 saturated heterocycles. The average molecular weight is 616 g/mol. The van der Waals surface area contributed by atoms with E-state index < -0.39 is 17.8 Å². The summed E-state index contributed by atoms with van der Waals surface area (Å²) in [4.78, 5) is 46.8. The van der Waals surface area contributed by atoms with Crippen molar-refractivity contribution < 1.29 is 24.3 Å². The Morgan fingerprint density at radius 3 is 1.78 bits per heavy atom. The van der Waals surface area contributed by atoms with E-state index in [0.717, 1.165) is 6.42 Å². The van der Waals surface area contributed by atoms with Gasteiger partial charge in [0.2, 0.25) is 11.8 Å². The zero-order chi connectivity index (χ0) is 34.0. The van der Waals surface area contributed by atoms with Crippen molar-refractivity contribution in [3.63, 3.8) is 0 Å². The number of unbranched alkanes of at least 4 members (excludes halogenated alkanes) is 1. The lowest BCUT2D eigenvalue weighted by atomic mass is 9.95. The molecule has 0 saturated carbocycles. The molecule has 0 spiro atoms. The van der Waals surface area contributed by atoms with Crippen molar-refractivity contribution in [3.05, 3.63) is 120 Å². The normalized spacial score (nSPS) is 9.78. The number of amides is 3. The quantitative estimate of drug-likeness (QED) is 0.137. The van der Waals surface area contributed by atoms with Crippen LogP contribution in [0, 0.1) is 6.92 Å². The van der Waals surface area contributed by atoms with Crippen LogP contribution in [-0.2, 0) is 9.59 Å². The second-order valence-electron chi connectivity index (χ2n) is 9.50. The molecule has 0 aliphatic rings. The zero-order valence-corrected chi connectivity index (χ0v) is 27.5. The van der Waals surface area contributed by atoms with Gasteiger partial charge in [0.25, 0.3) is 5.91 Å². The van der Waals surface area contributed by atoms with E-state index in [1.54, 1.807) is 42.5 Å². The molecule has 8 nitrogen and oxygen atoms in total. The fraction of sp³-hybridized carbons (Fsp3) is 0.297. The first-order valence-corrected chi connectivity index (χ1v) is 15.1. The van der Waals surface area contributed by atoms with E-state index in [0.29, 0.717) is 11.1 Å². The van der Waals surface area contributed by atoms with Crippen LogP contribution < -0.4 is 16.0 Å². The van der Waals surface area contributed by atoms with Crippen LogP contribution in [0.5, 0.6) is 0 Å². The van der Waals surface area contributed by atoms with E-state index in [1.165, 1.54) is 37.1 Å². The van der Waals surface area contributed by atoms with E-state index in [9.17, 15) is 24.3 Å². The number of aromatic carboxylic acids is 1. The van der Waals surface area contributed by atoms with Gasteiger partial charge in [-0.25, -0.2) is 4.79 Å². The lowest BCUT2D eigenvalue weighted by Crippen LogP contribution is -2.41. The number of hydrogen-bond donors (Lipinski definition) is 4. The second-order valence-corrected chi connectivity index (χ2v) is 9.50. The molecule has 0 aliphatic carbocycles. The van der Waals surface area contributed by atoms with Crippen molar-refractivity contribution >= 4 is 23.7 Å². The molecule has 0 fully saturated rings. The Labute approximate surface area is 268 Å². The molecule has 45 heavy (non-hydrogen) atoms. The number of aryl methyl sites for hydroxylation is 1. The standard InChI is InChI=1S/C19H19N3O5.C9H16.C7H8.C2H6/c1-20-16(23)10-21-17(24)11-22-18(25)14-8-4-2-6-12(14)13-7-3-5-9-15(13)19(26)27;1-4-6-7-8-9(3)5-2;1-7-5-3-2-4-6-7;1-2/h2-9H,10-11H2,1H3,(H,20,23)(H,21,24)(H,22,25)(H,26,27);4-5H,1,6-8H2,2-3H3;2-6H,1H3;1-2H3/b;9-5-;;. The number of likely N-dealkylation sites (N-methyl/N-ethyl adjacent to an activating group) is 1. The highest BCUT2D eigenvalue weighted by Crippen LogP contribution is 2.27. The highest BCUT2D eigenvalue weighted by Gasteiger charge is 2.18. The van der Waals surface area contributed by atoms with Gasteiger partial charge in [0.05, 0.1) is 18.7 Å². The van der Waals surface area contributed by atoms with Crippen LogP contribution in [0.2, 0.25) is 0 Å². The Kier molecular flexibility index (Phi) is 21.8. The second kappa shape index (κ2) is 24.5. The van der Waals surface area contributed by atoms with Crippen molar-refractivity contribution in [1.82, 2.24) is 16.0 Å². The molecule has 3 aromatic rings. The molecule has 242 valence electrons. The number of hydrogen-bond acceptors (Lipinski definition) is 4. The molecule has 0 unspecified atom stereocenters. The van der Waals surface area contributed by atoms with E-state index in [-0.39, 0.29) is 30.1 Å². The minimum absolute atomic E-state index is 0.0704. The van der Waals surface area contributed by atoms with Crippen LogP contribution in [0.1, 0.15) is 73.2 Å². The maximum atomic E-state index is 12.5. The third kappa shape index (κ3) is 17.0. The molecular weight excluding hydrogens is 566 g/mol. The minimum atomic E-state index is -1.10. The summed E-state index contributed by atoms with van der Waals surface area (Å²) >= 11 is 0. The van der Waals surface area contributed by atoms with Crippen molar-refractivity contribution in [1.29, 1.82) is 0 Å². The Bertz CT molecular complexity index is 1370. The number of carbonyl (C=O) groups excluding carboxylic acids is 3. The summed E-state index contributed by atoms with van der Waals surface area (Å²) in [6.45, 7) is 13.5. The number of carboxylic acid groups (broad SMARTS) is 1. The van der Waals surface area contributed by atoms with Crippen LogP contribution in [0.4, 0.5) is 0 Å². The van der Waals surface area contributed by atoms with Crippen LogP contribution in [0.25, 0.3) is 11.1 Å². The van der Waals surface area contributed by atoms with Gasteiger partial charge in [0.15, 0.2) is 0 Å². The molecule has 8 heteroatoms. The molecule has 0 aromatic heterocycles. The highest BCUT2D eigenvalue weighted by molar-refractivity contribution is 6.05. The molecule has 3 aromatic carbocycles. The molecule has 4 N–H and O–H groups in total. The van der Waals surface area contributed by atoms with E-state index in [2.05, 4.69) is 61.5 Å². The van der Waals surface area contributed by atoms with Crippen molar-refractivity contribution in [2.24, 2.45) is 0 Å². The molecular formula is C37H49N3O5. The van der Waals surface area contributed by atoms with Crippen LogP contribution in [-0.4, -0.2) is 48.9 Å². The smallest absolute Gasteiger partial charge is 0.336 e. The topological polar surface area (TPSA) is 125 Å². The molecule has 0 heterocycles. The van der Waals surface area contributed by atoms with Crippen molar-refractivity contribution in [3.8, 4) is 11.1 Å². The van der Waals surface area contributed by atoms with Gasteiger partial charge in [-0.15, -0.1) is 6.58 Å². The van der Waals surface area contributed by atoms with Gasteiger partial charge < -0.3 is 21.1 Å². The molecule has 0 bridgehead atoms. The van der Waals surface area contributed by atoms with Crippen LogP contribution >= 0.6 is 0 Å². The zero-order valence-electron chi connectivity index (χ0n) is 27.5. The lowest BCUT2D eigenvalue weighted by Gasteiger charge is -2.12. The number of carboxylic acids is 1. The SMILES string of the molecule is C=CCCC/C(C)=C\C.CC.CNC(=O)CNC(=O)CNC(=O)c1ccccc1-c1ccccc1C(=O)O.Cc1ccccc1. The molecule has 0 radical (unpaired) electrons. The third-order valence-electron chi connectivity index (χ3n) is 6.17. The predicted molar refractivity (Wildman–Crippen MR) is 184 cm³/mol. The summed E-state index contributed by atoms with van der Waals surface area (Å²) in [5.74, 6) is -2.50. The fourth-order valence-electron chi connectivity index (χ4n) is 3.61. The average Bonchev–Trinajstić information content (AvgIpc) is 3.07. The van der Waals surface area contributed by atoms with E-state index in [1.807, 2.05) is 38.1 Å². The summed E-state index contributed by atoms with van der Waals surface area (Å²) in [5.41, 5.74) is 3.96. The van der Waals surface area contributed by atoms with Gasteiger partial charge >= 0.3 is 5.97 Å². The predicted octanol–water partition coefficient (Wildman–Crippen LogP) is 6.97. The summed E-state index contributed by atoms with van der Waals surface area (Å²) in [6, 6.07) is 23.2. The molecule has 0 atom stereocenters. The molecule has 0 aliphatic heterocycles. The minimum Gasteiger partial charge on any atom is -0.478 e. The van der Waals surface area contributed by atoms with Gasteiger partial charge in [-0.3, -0.25) is 14.4 Å². The van der Waals surface area contributed by atoms with Crippen molar-refractivity contribution in [2.75, 3.05) is 20.1 Å². The number of allylic oxidation sites excluding steroid dienone is 3. The first kappa shape index (κ1) is 40.0. The van der Waals surface area contributed by atoms with Gasteiger partial charge in [-0.05, 0) is 63.3 Å². The maximum absolute atomic E-state index is 12.5. The Morgan fingerprint density at radius 1 is 0.778 bits per heavy atom. The first-order chi connectivity index (χ1) is 21.6. The largest absolute Gasteiger partial charge is 0.478 e. The monoisotopic (exact) mass is 615 g/mol. The van der Waals surface area contributed by atoms with Crippen LogP contribution in [0.15, 0.2) is 103 Å². The molecule has 3 rings (SSSR count). The number of carbonyl (C=O) groups is 4. The fourth-order valence-corrected chi connectivity index (χ4v) is 3.61. The van der Waals surface area contributed by atoms with E-state index >= 15 is 0 Å². The third-order valence-corrected chi connectivity index (χ3v) is 6.17.